The molecule has 0 unspecified atom stereocenters. The molecule has 1 aromatic rings. The Morgan fingerprint density at radius 1 is 1.57 bits per heavy atom. The Morgan fingerprint density at radius 3 is 3.07 bits per heavy atom. The van der Waals surface area contributed by atoms with E-state index in [4.69, 9.17) is 11.6 Å². The zero-order valence-electron chi connectivity index (χ0n) is 7.95. The predicted octanol–water partition coefficient (Wildman–Crippen LogP) is 2.36. The molecule has 1 saturated heterocycles. The molecule has 78 valence electrons. The smallest absolute Gasteiger partial charge is 0.0931 e. The van der Waals surface area contributed by atoms with Gasteiger partial charge in [0.05, 0.1) is 10.4 Å². The van der Waals surface area contributed by atoms with Crippen molar-refractivity contribution in [1.29, 1.82) is 0 Å². The molecule has 0 bridgehead atoms. The highest BCUT2D eigenvalue weighted by Crippen LogP contribution is 2.23. The van der Waals surface area contributed by atoms with Crippen LogP contribution in [0.25, 0.3) is 0 Å². The highest BCUT2D eigenvalue weighted by molar-refractivity contribution is 7.16. The third kappa shape index (κ3) is 2.70. The number of aliphatic hydroxyl groups excluding tert-OH is 1. The first-order valence-corrected chi connectivity index (χ1v) is 6.08. The Labute approximate surface area is 93.1 Å². The summed E-state index contributed by atoms with van der Waals surface area (Å²) in [7, 11) is 0. The van der Waals surface area contributed by atoms with E-state index in [0.29, 0.717) is 0 Å². The van der Waals surface area contributed by atoms with Crippen LogP contribution in [0.3, 0.4) is 0 Å². The fraction of sp³-hybridized carbons (Fsp3) is 0.600. The molecule has 1 N–H and O–H groups in total. The number of likely N-dealkylation sites (tertiary alicyclic amines) is 1. The SMILES string of the molecule is O[C@@H]1CCCN(Cc2ccc(Cl)s2)C1. The third-order valence-electron chi connectivity index (χ3n) is 2.49. The van der Waals surface area contributed by atoms with E-state index in [9.17, 15) is 5.11 Å². The van der Waals surface area contributed by atoms with E-state index in [-0.39, 0.29) is 6.10 Å². The summed E-state index contributed by atoms with van der Waals surface area (Å²) in [6, 6.07) is 4.00. The van der Waals surface area contributed by atoms with Gasteiger partial charge in [-0.25, -0.2) is 0 Å². The van der Waals surface area contributed by atoms with E-state index in [1.165, 1.54) is 4.88 Å². The molecule has 4 heteroatoms. The Balaban J connectivity index is 1.90. The van der Waals surface area contributed by atoms with Crippen molar-refractivity contribution >= 4 is 22.9 Å². The second-order valence-electron chi connectivity index (χ2n) is 3.74. The van der Waals surface area contributed by atoms with Crippen molar-refractivity contribution in [3.05, 3.63) is 21.3 Å². The molecule has 1 aromatic heterocycles. The normalized spacial score (nSPS) is 24.0. The quantitative estimate of drug-likeness (QED) is 0.845. The topological polar surface area (TPSA) is 23.5 Å². The van der Waals surface area contributed by atoms with Gasteiger partial charge in [-0.3, -0.25) is 4.90 Å². The molecule has 0 aromatic carbocycles. The van der Waals surface area contributed by atoms with Crippen molar-refractivity contribution in [2.45, 2.75) is 25.5 Å². The highest BCUT2D eigenvalue weighted by atomic mass is 35.5. The number of thiophene rings is 1. The van der Waals surface area contributed by atoms with Crippen LogP contribution in [0.2, 0.25) is 4.34 Å². The molecule has 0 amide bonds. The van der Waals surface area contributed by atoms with E-state index in [2.05, 4.69) is 11.0 Å². The molecule has 1 atom stereocenters. The van der Waals surface area contributed by atoms with E-state index < -0.39 is 0 Å². The molecule has 1 aliphatic heterocycles. The molecule has 2 heterocycles. The predicted molar refractivity (Wildman–Crippen MR) is 59.8 cm³/mol. The minimum atomic E-state index is -0.140. The molecule has 0 aliphatic carbocycles. The van der Waals surface area contributed by atoms with Crippen LogP contribution in [-0.2, 0) is 6.54 Å². The molecular formula is C10H14ClNOS. The van der Waals surface area contributed by atoms with Gasteiger partial charge in [-0.2, -0.15) is 0 Å². The van der Waals surface area contributed by atoms with Crippen molar-refractivity contribution in [1.82, 2.24) is 4.90 Å². The van der Waals surface area contributed by atoms with E-state index >= 15 is 0 Å². The summed E-state index contributed by atoms with van der Waals surface area (Å²) in [4.78, 5) is 3.57. The summed E-state index contributed by atoms with van der Waals surface area (Å²) < 4.78 is 0.845. The average molecular weight is 232 g/mol. The summed E-state index contributed by atoms with van der Waals surface area (Å²) in [5.74, 6) is 0. The zero-order valence-corrected chi connectivity index (χ0v) is 9.52. The summed E-state index contributed by atoms with van der Waals surface area (Å²) in [5, 5.41) is 9.50. The second kappa shape index (κ2) is 4.62. The molecule has 1 aliphatic rings. The van der Waals surface area contributed by atoms with Gasteiger partial charge in [0.2, 0.25) is 0 Å². The molecular weight excluding hydrogens is 218 g/mol. The lowest BCUT2D eigenvalue weighted by molar-refractivity contribution is 0.0673. The molecule has 2 rings (SSSR count). The van der Waals surface area contributed by atoms with Gasteiger partial charge in [0.1, 0.15) is 0 Å². The van der Waals surface area contributed by atoms with Crippen LogP contribution < -0.4 is 0 Å². The van der Waals surface area contributed by atoms with Gasteiger partial charge in [0, 0.05) is 18.0 Å². The maximum Gasteiger partial charge on any atom is 0.0931 e. The van der Waals surface area contributed by atoms with Gasteiger partial charge >= 0.3 is 0 Å². The molecule has 0 radical (unpaired) electrons. The summed E-state index contributed by atoms with van der Waals surface area (Å²) in [6.45, 7) is 2.82. The number of halogens is 1. The maximum atomic E-state index is 9.50. The van der Waals surface area contributed by atoms with Gasteiger partial charge < -0.3 is 5.11 Å². The number of β-amino-alcohol motifs (C(OH)–C–C–N with tert-alkyl or cyclic N) is 1. The van der Waals surface area contributed by atoms with Crippen LogP contribution in [0.4, 0.5) is 0 Å². The van der Waals surface area contributed by atoms with Crippen molar-refractivity contribution in [3.63, 3.8) is 0 Å². The molecule has 2 nitrogen and oxygen atoms in total. The number of aliphatic hydroxyl groups is 1. The fourth-order valence-electron chi connectivity index (χ4n) is 1.83. The number of nitrogens with zero attached hydrogens (tertiary/aromatic N) is 1. The number of hydrogen-bond acceptors (Lipinski definition) is 3. The minimum absolute atomic E-state index is 0.140. The highest BCUT2D eigenvalue weighted by Gasteiger charge is 2.17. The van der Waals surface area contributed by atoms with Gasteiger partial charge in [-0.15, -0.1) is 11.3 Å². The molecule has 1 fully saturated rings. The second-order valence-corrected chi connectivity index (χ2v) is 5.54. The van der Waals surface area contributed by atoms with E-state index in [1.807, 2.05) is 6.07 Å². The van der Waals surface area contributed by atoms with Crippen LogP contribution in [0.15, 0.2) is 12.1 Å². The molecule has 0 spiro atoms. The average Bonchev–Trinajstić information content (AvgIpc) is 2.51. The van der Waals surface area contributed by atoms with Crippen molar-refractivity contribution < 1.29 is 5.11 Å². The van der Waals surface area contributed by atoms with Crippen molar-refractivity contribution in [2.75, 3.05) is 13.1 Å². The van der Waals surface area contributed by atoms with Gasteiger partial charge in [-0.05, 0) is 31.5 Å². The van der Waals surface area contributed by atoms with Gasteiger partial charge in [-0.1, -0.05) is 11.6 Å². The van der Waals surface area contributed by atoms with E-state index in [1.54, 1.807) is 11.3 Å². The van der Waals surface area contributed by atoms with Gasteiger partial charge in [0.15, 0.2) is 0 Å². The van der Waals surface area contributed by atoms with E-state index in [0.717, 1.165) is 36.8 Å². The minimum Gasteiger partial charge on any atom is -0.392 e. The third-order valence-corrected chi connectivity index (χ3v) is 3.70. The summed E-state index contributed by atoms with van der Waals surface area (Å²) in [6.07, 6.45) is 1.90. The summed E-state index contributed by atoms with van der Waals surface area (Å²) in [5.41, 5.74) is 0. The molecule has 14 heavy (non-hydrogen) atoms. The molecule has 0 saturated carbocycles. The zero-order chi connectivity index (χ0) is 9.97. The Hall–Kier alpha value is -0.0900. The lowest BCUT2D eigenvalue weighted by Gasteiger charge is -2.29. The fourth-order valence-corrected chi connectivity index (χ4v) is 2.96. The largest absolute Gasteiger partial charge is 0.392 e. The monoisotopic (exact) mass is 231 g/mol. The Bertz CT molecular complexity index is 302. The summed E-state index contributed by atoms with van der Waals surface area (Å²) >= 11 is 7.48. The van der Waals surface area contributed by atoms with Crippen molar-refractivity contribution in [2.24, 2.45) is 0 Å². The first-order chi connectivity index (χ1) is 6.74. The number of piperidine rings is 1. The number of hydrogen-bond donors (Lipinski definition) is 1. The maximum absolute atomic E-state index is 9.50. The van der Waals surface area contributed by atoms with Crippen LogP contribution in [0, 0.1) is 0 Å². The van der Waals surface area contributed by atoms with Crippen molar-refractivity contribution in [3.8, 4) is 0 Å². The lowest BCUT2D eigenvalue weighted by atomic mass is 10.1. The standard InChI is InChI=1S/C10H14ClNOS/c11-10-4-3-9(14-10)7-12-5-1-2-8(13)6-12/h3-4,8,13H,1-2,5-7H2/t8-/m1/s1. The van der Waals surface area contributed by atoms with Gasteiger partial charge in [0.25, 0.3) is 0 Å². The number of rotatable bonds is 2. The van der Waals surface area contributed by atoms with Crippen LogP contribution >= 0.6 is 22.9 Å². The first-order valence-electron chi connectivity index (χ1n) is 4.88. The Morgan fingerprint density at radius 2 is 2.43 bits per heavy atom. The van der Waals surface area contributed by atoms with Crippen LogP contribution in [0.1, 0.15) is 17.7 Å². The Kier molecular flexibility index (Phi) is 3.44. The lowest BCUT2D eigenvalue weighted by Crippen LogP contribution is -2.37. The van der Waals surface area contributed by atoms with Crippen LogP contribution in [-0.4, -0.2) is 29.2 Å². The first kappa shape index (κ1) is 10.4. The van der Waals surface area contributed by atoms with Crippen LogP contribution in [0.5, 0.6) is 0 Å².